The Morgan fingerprint density at radius 1 is 1.63 bits per heavy atom. The maximum Gasteiger partial charge on any atom is 0.280 e. The number of fused-ring (bicyclic) bond motifs is 1. The molecule has 0 spiro atoms. The van der Waals surface area contributed by atoms with Crippen LogP contribution in [0.1, 0.15) is 5.37 Å². The van der Waals surface area contributed by atoms with Crippen LogP contribution < -0.4 is 11.3 Å². The summed E-state index contributed by atoms with van der Waals surface area (Å²) in [6.07, 6.45) is 2.78. The molecule has 100 valence electrons. The second-order valence-corrected chi connectivity index (χ2v) is 5.35. The van der Waals surface area contributed by atoms with E-state index in [-0.39, 0.29) is 18.1 Å². The van der Waals surface area contributed by atoms with E-state index >= 15 is 0 Å². The Morgan fingerprint density at radius 3 is 3.11 bits per heavy atom. The van der Waals surface area contributed by atoms with E-state index in [1.165, 1.54) is 24.2 Å². The van der Waals surface area contributed by atoms with Gasteiger partial charge in [0.1, 0.15) is 11.2 Å². The van der Waals surface area contributed by atoms with Crippen molar-refractivity contribution in [3.05, 3.63) is 28.6 Å². The number of anilines is 1. The van der Waals surface area contributed by atoms with Crippen LogP contribution in [0.3, 0.4) is 0 Å². The number of H-pyrrole nitrogens is 1. The normalized spacial score (nSPS) is 22.9. The minimum Gasteiger partial charge on any atom is -0.395 e. The fourth-order valence-electron chi connectivity index (χ4n) is 1.92. The summed E-state index contributed by atoms with van der Waals surface area (Å²) >= 11 is 1.22. The van der Waals surface area contributed by atoms with Gasteiger partial charge in [-0.15, -0.1) is 11.8 Å². The topological polar surface area (TPSA) is 110 Å². The molecule has 3 rings (SSSR count). The van der Waals surface area contributed by atoms with E-state index in [0.717, 1.165) is 0 Å². The zero-order chi connectivity index (χ0) is 13.6. The molecule has 19 heavy (non-hydrogen) atoms. The van der Waals surface area contributed by atoms with Gasteiger partial charge in [-0.1, -0.05) is 0 Å². The summed E-state index contributed by atoms with van der Waals surface area (Å²) in [7, 11) is 0. The van der Waals surface area contributed by atoms with Crippen molar-refractivity contribution in [1.82, 2.24) is 19.5 Å². The van der Waals surface area contributed by atoms with Crippen molar-refractivity contribution in [1.29, 1.82) is 0 Å². The van der Waals surface area contributed by atoms with E-state index in [4.69, 9.17) is 10.8 Å². The van der Waals surface area contributed by atoms with Crippen LogP contribution in [-0.2, 0) is 0 Å². The quantitative estimate of drug-likeness (QED) is 0.724. The number of rotatable bonds is 2. The molecule has 1 aliphatic rings. The fraction of sp³-hybridized carbons (Fsp3) is 0.300. The van der Waals surface area contributed by atoms with E-state index in [2.05, 4.69) is 15.0 Å². The lowest BCUT2D eigenvalue weighted by Gasteiger charge is -2.11. The largest absolute Gasteiger partial charge is 0.395 e. The van der Waals surface area contributed by atoms with Crippen molar-refractivity contribution < 1.29 is 9.50 Å². The third kappa shape index (κ3) is 1.90. The smallest absolute Gasteiger partial charge is 0.280 e. The number of nitrogens with zero attached hydrogens (tertiary/aromatic N) is 3. The SMILES string of the molecule is Nc1nc2c(ncn2[C@@H]2C=C(F)[C@H](CO)S2)c(=O)[nH]1. The summed E-state index contributed by atoms with van der Waals surface area (Å²) in [6.45, 7) is -0.285. The summed E-state index contributed by atoms with van der Waals surface area (Å²) in [5.41, 5.74) is 5.49. The number of thioether (sulfide) groups is 1. The summed E-state index contributed by atoms with van der Waals surface area (Å²) in [5.74, 6) is -0.414. The van der Waals surface area contributed by atoms with Gasteiger partial charge in [0.15, 0.2) is 11.2 Å². The van der Waals surface area contributed by atoms with Crippen LogP contribution >= 0.6 is 11.8 Å². The molecule has 0 saturated carbocycles. The predicted molar refractivity (Wildman–Crippen MR) is 69.3 cm³/mol. The fourth-order valence-corrected chi connectivity index (χ4v) is 3.05. The molecule has 7 nitrogen and oxygen atoms in total. The molecule has 0 saturated heterocycles. The number of imidazole rings is 1. The van der Waals surface area contributed by atoms with Gasteiger partial charge in [-0.3, -0.25) is 14.3 Å². The highest BCUT2D eigenvalue weighted by Crippen LogP contribution is 2.41. The van der Waals surface area contributed by atoms with Gasteiger partial charge in [0.2, 0.25) is 5.95 Å². The highest BCUT2D eigenvalue weighted by atomic mass is 32.2. The number of hydrogen-bond acceptors (Lipinski definition) is 6. The molecule has 4 N–H and O–H groups in total. The zero-order valence-electron chi connectivity index (χ0n) is 9.58. The monoisotopic (exact) mass is 283 g/mol. The van der Waals surface area contributed by atoms with Crippen molar-refractivity contribution in [2.24, 2.45) is 0 Å². The molecule has 9 heteroatoms. The van der Waals surface area contributed by atoms with Crippen LogP contribution in [-0.4, -0.2) is 36.5 Å². The average Bonchev–Trinajstić information content (AvgIpc) is 2.92. The van der Waals surface area contributed by atoms with Gasteiger partial charge in [0.25, 0.3) is 5.56 Å². The Hall–Kier alpha value is -1.87. The molecular formula is C10H10FN5O2S. The van der Waals surface area contributed by atoms with Gasteiger partial charge < -0.3 is 10.8 Å². The van der Waals surface area contributed by atoms with Crippen LogP contribution in [0.25, 0.3) is 11.2 Å². The summed E-state index contributed by atoms with van der Waals surface area (Å²) < 4.78 is 15.1. The van der Waals surface area contributed by atoms with Crippen molar-refractivity contribution in [2.45, 2.75) is 10.6 Å². The lowest BCUT2D eigenvalue weighted by Crippen LogP contribution is -2.13. The molecule has 1 aliphatic heterocycles. The molecular weight excluding hydrogens is 273 g/mol. The second-order valence-electron chi connectivity index (χ2n) is 4.02. The van der Waals surface area contributed by atoms with Crippen molar-refractivity contribution in [3.8, 4) is 0 Å². The third-order valence-corrected chi connectivity index (χ3v) is 4.15. The van der Waals surface area contributed by atoms with E-state index in [1.54, 1.807) is 4.57 Å². The molecule has 0 aliphatic carbocycles. The lowest BCUT2D eigenvalue weighted by molar-refractivity contribution is 0.295. The minimum absolute atomic E-state index is 0.0228. The van der Waals surface area contributed by atoms with Crippen LogP contribution in [0, 0.1) is 0 Å². The van der Waals surface area contributed by atoms with Crippen molar-refractivity contribution >= 4 is 28.9 Å². The third-order valence-electron chi connectivity index (χ3n) is 2.80. The number of aromatic nitrogens is 4. The van der Waals surface area contributed by atoms with Crippen molar-refractivity contribution in [3.63, 3.8) is 0 Å². The summed E-state index contributed by atoms with van der Waals surface area (Å²) in [6, 6.07) is 0. The Bertz CT molecular complexity index is 724. The molecule has 0 aromatic carbocycles. The molecule has 2 atom stereocenters. The molecule has 3 heterocycles. The molecule has 0 amide bonds. The Kier molecular flexibility index (Phi) is 2.79. The Labute approximate surface area is 110 Å². The highest BCUT2D eigenvalue weighted by Gasteiger charge is 2.29. The lowest BCUT2D eigenvalue weighted by atomic mass is 10.3. The zero-order valence-corrected chi connectivity index (χ0v) is 10.4. The van der Waals surface area contributed by atoms with Gasteiger partial charge in [0.05, 0.1) is 18.2 Å². The maximum atomic E-state index is 13.5. The molecule has 0 unspecified atom stereocenters. The van der Waals surface area contributed by atoms with E-state index in [9.17, 15) is 9.18 Å². The predicted octanol–water partition coefficient (Wildman–Crippen LogP) is 0.161. The Balaban J connectivity index is 2.10. The van der Waals surface area contributed by atoms with Crippen molar-refractivity contribution in [2.75, 3.05) is 12.3 Å². The van der Waals surface area contributed by atoms with E-state index in [0.29, 0.717) is 5.65 Å². The van der Waals surface area contributed by atoms with Gasteiger partial charge >= 0.3 is 0 Å². The van der Waals surface area contributed by atoms with Gasteiger partial charge in [-0.2, -0.15) is 4.98 Å². The first-order chi connectivity index (χ1) is 9.10. The number of nitrogens with two attached hydrogens (primary N) is 1. The first-order valence-electron chi connectivity index (χ1n) is 5.46. The maximum absolute atomic E-state index is 13.5. The first-order valence-corrected chi connectivity index (χ1v) is 6.40. The van der Waals surface area contributed by atoms with E-state index < -0.39 is 22.0 Å². The van der Waals surface area contributed by atoms with Gasteiger partial charge in [-0.05, 0) is 6.08 Å². The standard InChI is InChI=1S/C10H10FN5O2S/c11-4-1-6(19-5(4)2-17)16-3-13-7-8(16)14-10(12)15-9(7)18/h1,3,5-6,17H,2H2,(H3,12,14,15,18)/t5-,6-/m0/s1. The number of aromatic amines is 1. The molecule has 2 aromatic rings. The molecule has 0 bridgehead atoms. The van der Waals surface area contributed by atoms with E-state index in [1.807, 2.05) is 0 Å². The first kappa shape index (κ1) is 12.2. The second kappa shape index (κ2) is 4.35. The number of aliphatic hydroxyl groups is 1. The summed E-state index contributed by atoms with van der Waals surface area (Å²) in [5, 5.41) is 8.03. The molecule has 0 fully saturated rings. The number of nitrogens with one attached hydrogen (secondary N) is 1. The molecule has 2 aromatic heterocycles. The van der Waals surface area contributed by atoms with Crippen LogP contribution in [0.5, 0.6) is 0 Å². The van der Waals surface area contributed by atoms with Crippen LogP contribution in [0.4, 0.5) is 10.3 Å². The molecule has 0 radical (unpaired) electrons. The number of aliphatic hydroxyl groups excluding tert-OH is 1. The van der Waals surface area contributed by atoms with Gasteiger partial charge in [-0.25, -0.2) is 9.37 Å². The average molecular weight is 283 g/mol. The number of halogens is 1. The van der Waals surface area contributed by atoms with Crippen LogP contribution in [0.2, 0.25) is 0 Å². The van der Waals surface area contributed by atoms with Gasteiger partial charge in [0, 0.05) is 0 Å². The number of nitrogen functional groups attached to an aromatic ring is 1. The minimum atomic E-state index is -0.596. The highest BCUT2D eigenvalue weighted by molar-refractivity contribution is 8.00. The Morgan fingerprint density at radius 2 is 2.42 bits per heavy atom. The summed E-state index contributed by atoms with van der Waals surface area (Å²) in [4.78, 5) is 21.9. The van der Waals surface area contributed by atoms with Crippen LogP contribution in [0.15, 0.2) is 23.0 Å². The number of hydrogen-bond donors (Lipinski definition) is 3.